The van der Waals surface area contributed by atoms with Crippen LogP contribution in [0.5, 0.6) is 11.5 Å². The average Bonchev–Trinajstić information content (AvgIpc) is 2.61. The van der Waals surface area contributed by atoms with E-state index in [-0.39, 0.29) is 16.1 Å². The Morgan fingerprint density at radius 3 is 2.88 bits per heavy atom. The molecule has 2 aromatic carbocycles. The van der Waals surface area contributed by atoms with Crippen LogP contribution in [0, 0.1) is 4.77 Å². The molecule has 25 heavy (non-hydrogen) atoms. The van der Waals surface area contributed by atoms with Gasteiger partial charge in [0.05, 0.1) is 23.7 Å². The monoisotopic (exact) mass is 355 g/mol. The molecular weight excluding hydrogens is 338 g/mol. The second-order valence-electron chi connectivity index (χ2n) is 5.41. The fraction of sp³-hybridized carbons (Fsp3) is 0.167. The maximum atomic E-state index is 12.5. The third-order valence-corrected chi connectivity index (χ3v) is 3.85. The molecule has 3 aromatic rings. The molecule has 0 radical (unpaired) electrons. The number of H-pyrrole nitrogens is 1. The van der Waals surface area contributed by atoms with E-state index in [1.165, 1.54) is 12.3 Å². The number of phenolic OH excluding ortho intramolecular Hbond substituents is 1. The summed E-state index contributed by atoms with van der Waals surface area (Å²) in [6, 6.07) is 12.0. The zero-order chi connectivity index (χ0) is 17.8. The highest BCUT2D eigenvalue weighted by molar-refractivity contribution is 7.71. The Labute approximate surface area is 149 Å². The van der Waals surface area contributed by atoms with E-state index in [1.54, 1.807) is 30.3 Å². The smallest absolute Gasteiger partial charge is 0.282 e. The average molecular weight is 355 g/mol. The van der Waals surface area contributed by atoms with Crippen LogP contribution < -0.4 is 10.3 Å². The van der Waals surface area contributed by atoms with E-state index in [1.807, 2.05) is 13.0 Å². The van der Waals surface area contributed by atoms with Crippen molar-refractivity contribution in [2.24, 2.45) is 5.10 Å². The van der Waals surface area contributed by atoms with E-state index >= 15 is 0 Å². The Morgan fingerprint density at radius 2 is 2.12 bits per heavy atom. The van der Waals surface area contributed by atoms with E-state index in [0.717, 1.165) is 11.1 Å². The fourth-order valence-corrected chi connectivity index (χ4v) is 2.56. The highest BCUT2D eigenvalue weighted by Gasteiger charge is 2.05. The second-order valence-corrected chi connectivity index (χ2v) is 5.79. The largest absolute Gasteiger partial charge is 0.507 e. The number of nitrogens with one attached hydrogen (secondary N) is 1. The molecule has 3 rings (SSSR count). The molecule has 0 spiro atoms. The summed E-state index contributed by atoms with van der Waals surface area (Å²) in [7, 11) is 0. The number of aromatic hydroxyl groups is 1. The van der Waals surface area contributed by atoms with Gasteiger partial charge >= 0.3 is 0 Å². The molecule has 0 saturated heterocycles. The molecule has 1 aromatic heterocycles. The highest BCUT2D eigenvalue weighted by atomic mass is 32.1. The first kappa shape index (κ1) is 16.9. The first-order valence-electron chi connectivity index (χ1n) is 7.84. The van der Waals surface area contributed by atoms with Crippen LogP contribution in [0.1, 0.15) is 18.9 Å². The van der Waals surface area contributed by atoms with Gasteiger partial charge < -0.3 is 14.8 Å². The third-order valence-electron chi connectivity index (χ3n) is 3.57. The van der Waals surface area contributed by atoms with Gasteiger partial charge in [0.15, 0.2) is 0 Å². The van der Waals surface area contributed by atoms with Crippen molar-refractivity contribution in [1.82, 2.24) is 9.66 Å². The molecule has 2 N–H and O–H groups in total. The lowest BCUT2D eigenvalue weighted by molar-refractivity contribution is 0.315. The lowest BCUT2D eigenvalue weighted by Gasteiger charge is -2.06. The molecule has 0 bridgehead atoms. The molecular formula is C18H17N3O3S. The summed E-state index contributed by atoms with van der Waals surface area (Å²) < 4.78 is 6.74. The highest BCUT2D eigenvalue weighted by Crippen LogP contribution is 2.22. The van der Waals surface area contributed by atoms with Gasteiger partial charge in [-0.15, -0.1) is 0 Å². The van der Waals surface area contributed by atoms with Crippen molar-refractivity contribution in [3.63, 3.8) is 0 Å². The minimum atomic E-state index is -0.321. The first-order chi connectivity index (χ1) is 12.1. The summed E-state index contributed by atoms with van der Waals surface area (Å²) in [6.07, 6.45) is 2.27. The molecule has 0 aliphatic carbocycles. The van der Waals surface area contributed by atoms with Crippen molar-refractivity contribution < 1.29 is 9.84 Å². The van der Waals surface area contributed by atoms with Crippen molar-refractivity contribution in [1.29, 1.82) is 0 Å². The van der Waals surface area contributed by atoms with Gasteiger partial charge in [0.1, 0.15) is 11.5 Å². The third kappa shape index (κ3) is 3.61. The molecule has 0 amide bonds. The van der Waals surface area contributed by atoms with Gasteiger partial charge in [-0.05, 0) is 42.9 Å². The molecule has 0 fully saturated rings. The van der Waals surface area contributed by atoms with Crippen LogP contribution in [0.4, 0.5) is 0 Å². The molecule has 0 aliphatic heterocycles. The van der Waals surface area contributed by atoms with Gasteiger partial charge in [0.2, 0.25) is 4.77 Å². The van der Waals surface area contributed by atoms with Gasteiger partial charge in [-0.3, -0.25) is 4.79 Å². The summed E-state index contributed by atoms with van der Waals surface area (Å²) in [5, 5.41) is 14.7. The van der Waals surface area contributed by atoms with E-state index in [2.05, 4.69) is 10.1 Å². The Morgan fingerprint density at radius 1 is 1.32 bits per heavy atom. The van der Waals surface area contributed by atoms with Crippen LogP contribution in [0.2, 0.25) is 0 Å². The Balaban J connectivity index is 1.96. The van der Waals surface area contributed by atoms with Crippen LogP contribution in [-0.4, -0.2) is 27.6 Å². The van der Waals surface area contributed by atoms with Crippen LogP contribution >= 0.6 is 12.2 Å². The van der Waals surface area contributed by atoms with E-state index in [0.29, 0.717) is 28.8 Å². The zero-order valence-corrected chi connectivity index (χ0v) is 14.4. The fourth-order valence-electron chi connectivity index (χ4n) is 2.32. The SMILES string of the molecule is CCCOc1ccc(/C=N/n2c(=S)[nH]c3ccccc3c2=O)c(O)c1. The summed E-state index contributed by atoms with van der Waals surface area (Å²) in [5.41, 5.74) is 0.792. The Kier molecular flexibility index (Phi) is 4.95. The predicted octanol–water partition coefficient (Wildman–Crippen LogP) is 3.44. The van der Waals surface area contributed by atoms with Crippen LogP contribution in [-0.2, 0) is 0 Å². The number of ether oxygens (including phenoxy) is 1. The number of hydrogen-bond donors (Lipinski definition) is 2. The number of aromatic nitrogens is 2. The van der Waals surface area contributed by atoms with Crippen LogP contribution in [0.15, 0.2) is 52.4 Å². The Hall–Kier alpha value is -2.93. The molecule has 7 heteroatoms. The van der Waals surface area contributed by atoms with Crippen molar-refractivity contribution in [2.45, 2.75) is 13.3 Å². The number of hydrogen-bond acceptors (Lipinski definition) is 5. The van der Waals surface area contributed by atoms with Gasteiger partial charge in [0, 0.05) is 11.6 Å². The summed E-state index contributed by atoms with van der Waals surface area (Å²) in [4.78, 5) is 15.5. The molecule has 0 aliphatic rings. The van der Waals surface area contributed by atoms with Crippen molar-refractivity contribution in [2.75, 3.05) is 6.61 Å². The molecule has 6 nitrogen and oxygen atoms in total. The van der Waals surface area contributed by atoms with Gasteiger partial charge in [0.25, 0.3) is 5.56 Å². The maximum absolute atomic E-state index is 12.5. The maximum Gasteiger partial charge on any atom is 0.282 e. The lowest BCUT2D eigenvalue weighted by atomic mass is 10.2. The molecule has 0 unspecified atom stereocenters. The zero-order valence-electron chi connectivity index (χ0n) is 13.6. The molecule has 128 valence electrons. The predicted molar refractivity (Wildman–Crippen MR) is 100 cm³/mol. The van der Waals surface area contributed by atoms with Gasteiger partial charge in [-0.2, -0.15) is 9.78 Å². The molecule has 0 saturated carbocycles. The number of aromatic amines is 1. The number of benzene rings is 2. The quantitative estimate of drug-likeness (QED) is 0.543. The van der Waals surface area contributed by atoms with E-state index in [4.69, 9.17) is 17.0 Å². The van der Waals surface area contributed by atoms with Crippen molar-refractivity contribution >= 4 is 29.3 Å². The lowest BCUT2D eigenvalue weighted by Crippen LogP contribution is -2.18. The van der Waals surface area contributed by atoms with E-state index in [9.17, 15) is 9.90 Å². The van der Waals surface area contributed by atoms with Crippen LogP contribution in [0.25, 0.3) is 10.9 Å². The number of phenols is 1. The minimum absolute atomic E-state index is 0.0149. The molecule has 0 atom stereocenters. The van der Waals surface area contributed by atoms with Crippen molar-refractivity contribution in [3.8, 4) is 11.5 Å². The summed E-state index contributed by atoms with van der Waals surface area (Å²) in [5.74, 6) is 0.595. The first-order valence-corrected chi connectivity index (χ1v) is 8.25. The number of fused-ring (bicyclic) bond motifs is 1. The standard InChI is InChI=1S/C18H17N3O3S/c1-2-9-24-13-8-7-12(16(22)10-13)11-19-21-17(23)14-5-3-4-6-15(14)20-18(21)25/h3-8,10-11,22H,2,9H2,1H3,(H,20,25)/b19-11+. The van der Waals surface area contributed by atoms with Gasteiger partial charge in [-0.1, -0.05) is 19.1 Å². The number of rotatable bonds is 5. The normalized spacial score (nSPS) is 11.2. The summed E-state index contributed by atoms with van der Waals surface area (Å²) in [6.45, 7) is 2.58. The number of nitrogens with zero attached hydrogens (tertiary/aromatic N) is 2. The minimum Gasteiger partial charge on any atom is -0.507 e. The summed E-state index contributed by atoms with van der Waals surface area (Å²) >= 11 is 5.19. The van der Waals surface area contributed by atoms with Gasteiger partial charge in [-0.25, -0.2) is 0 Å². The Bertz CT molecular complexity index is 1050. The molecule has 1 heterocycles. The van der Waals surface area contributed by atoms with Crippen molar-refractivity contribution in [3.05, 3.63) is 63.2 Å². The number of para-hydroxylation sites is 1. The van der Waals surface area contributed by atoms with Crippen LogP contribution in [0.3, 0.4) is 0 Å². The second kappa shape index (κ2) is 7.31. The van der Waals surface area contributed by atoms with E-state index < -0.39 is 0 Å². The topological polar surface area (TPSA) is 79.6 Å².